The number of aliphatic hydroxyl groups excluding tert-OH is 2. The van der Waals surface area contributed by atoms with Crippen molar-refractivity contribution >= 4 is 17.5 Å². The van der Waals surface area contributed by atoms with E-state index < -0.39 is 40.8 Å². The highest BCUT2D eigenvalue weighted by atomic mass is 16.5. The molecule has 0 amide bonds. The summed E-state index contributed by atoms with van der Waals surface area (Å²) in [5.74, 6) is -2.63. The van der Waals surface area contributed by atoms with Gasteiger partial charge in [-0.25, -0.2) is 0 Å². The van der Waals surface area contributed by atoms with Crippen molar-refractivity contribution in [3.8, 4) is 0 Å². The first-order chi connectivity index (χ1) is 12.0. The minimum Gasteiger partial charge on any atom is -0.462 e. The first-order valence-electron chi connectivity index (χ1n) is 9.36. The molecule has 0 unspecified atom stereocenters. The monoisotopic (exact) mass is 362 g/mol. The van der Waals surface area contributed by atoms with E-state index in [4.69, 9.17) is 4.74 Å². The van der Waals surface area contributed by atoms with Crippen LogP contribution in [0.4, 0.5) is 0 Å². The third kappa shape index (κ3) is 1.87. The van der Waals surface area contributed by atoms with Crippen LogP contribution in [0.2, 0.25) is 0 Å². The summed E-state index contributed by atoms with van der Waals surface area (Å²) in [6.07, 6.45) is -0.896. The van der Waals surface area contributed by atoms with Crippen molar-refractivity contribution in [1.29, 1.82) is 0 Å². The van der Waals surface area contributed by atoms with Crippen LogP contribution >= 0.6 is 0 Å². The summed E-state index contributed by atoms with van der Waals surface area (Å²) >= 11 is 0. The van der Waals surface area contributed by atoms with Crippen molar-refractivity contribution in [2.45, 2.75) is 58.8 Å². The van der Waals surface area contributed by atoms with Gasteiger partial charge in [-0.1, -0.05) is 26.3 Å². The van der Waals surface area contributed by atoms with E-state index in [2.05, 4.69) is 0 Å². The number of fused-ring (bicyclic) bond motifs is 2. The molecule has 26 heavy (non-hydrogen) atoms. The van der Waals surface area contributed by atoms with Crippen LogP contribution in [0.15, 0.2) is 11.6 Å². The Hall–Kier alpha value is -1.53. The molecule has 0 aromatic rings. The molecule has 0 radical (unpaired) electrons. The highest BCUT2D eigenvalue weighted by Crippen LogP contribution is 2.67. The van der Waals surface area contributed by atoms with Crippen LogP contribution in [0.5, 0.6) is 0 Å². The lowest BCUT2D eigenvalue weighted by atomic mass is 9.38. The number of hydrogen-bond acceptors (Lipinski definition) is 6. The van der Waals surface area contributed by atoms with Gasteiger partial charge >= 0.3 is 5.97 Å². The zero-order valence-electron chi connectivity index (χ0n) is 15.6. The predicted molar refractivity (Wildman–Crippen MR) is 90.7 cm³/mol. The minimum absolute atomic E-state index is 0.147. The first kappa shape index (κ1) is 17.9. The molecule has 0 spiro atoms. The van der Waals surface area contributed by atoms with Gasteiger partial charge < -0.3 is 14.9 Å². The summed E-state index contributed by atoms with van der Waals surface area (Å²) in [6.45, 7) is 7.35. The van der Waals surface area contributed by atoms with E-state index in [1.165, 1.54) is 6.08 Å². The normalized spacial score (nSPS) is 53.4. The zero-order chi connectivity index (χ0) is 19.2. The maximum absolute atomic E-state index is 13.3. The third-order valence-corrected chi connectivity index (χ3v) is 8.08. The Kier molecular flexibility index (Phi) is 3.61. The molecule has 1 heterocycles. The Morgan fingerprint density at radius 3 is 2.46 bits per heavy atom. The SMILES string of the molecule is CC1=CC(=O)[C@@H](O)[C@]2(C)[C@H]3C(=O)[C@H](O)[C@H](C)[C@@H]4CC(=O)O[C@H](C[C@@H]12)[C@]34C. The van der Waals surface area contributed by atoms with Crippen molar-refractivity contribution < 1.29 is 29.3 Å². The van der Waals surface area contributed by atoms with E-state index in [1.54, 1.807) is 13.8 Å². The number of allylic oxidation sites excluding steroid dienone is 1. The molecular formula is C20H26O6. The molecule has 3 fully saturated rings. The molecule has 9 atom stereocenters. The van der Waals surface area contributed by atoms with E-state index >= 15 is 0 Å². The maximum atomic E-state index is 13.3. The van der Waals surface area contributed by atoms with Crippen LogP contribution in [-0.4, -0.2) is 46.1 Å². The highest BCUT2D eigenvalue weighted by Gasteiger charge is 2.72. The lowest BCUT2D eigenvalue weighted by Crippen LogP contribution is -2.73. The average Bonchev–Trinajstić information content (AvgIpc) is 2.56. The lowest BCUT2D eigenvalue weighted by Gasteiger charge is -2.66. The first-order valence-corrected chi connectivity index (χ1v) is 9.36. The number of rotatable bonds is 0. The molecule has 0 aromatic carbocycles. The van der Waals surface area contributed by atoms with Gasteiger partial charge in [0.2, 0.25) is 0 Å². The molecule has 1 aliphatic heterocycles. The summed E-state index contributed by atoms with van der Waals surface area (Å²) in [6, 6.07) is 0. The quantitative estimate of drug-likeness (QED) is 0.625. The fourth-order valence-electron chi connectivity index (χ4n) is 6.76. The summed E-state index contributed by atoms with van der Waals surface area (Å²) in [7, 11) is 0. The summed E-state index contributed by atoms with van der Waals surface area (Å²) in [4.78, 5) is 37.9. The molecule has 1 saturated heterocycles. The van der Waals surface area contributed by atoms with Crippen LogP contribution in [0.1, 0.15) is 40.5 Å². The summed E-state index contributed by atoms with van der Waals surface area (Å²) in [5.41, 5.74) is -0.918. The zero-order valence-corrected chi connectivity index (χ0v) is 15.6. The van der Waals surface area contributed by atoms with E-state index in [9.17, 15) is 24.6 Å². The predicted octanol–water partition coefficient (Wildman–Crippen LogP) is 1.04. The molecule has 6 nitrogen and oxygen atoms in total. The topological polar surface area (TPSA) is 101 Å². The molecule has 4 rings (SSSR count). The van der Waals surface area contributed by atoms with Crippen molar-refractivity contribution in [1.82, 2.24) is 0 Å². The highest BCUT2D eigenvalue weighted by molar-refractivity contribution is 5.98. The Labute approximate surface area is 152 Å². The van der Waals surface area contributed by atoms with Crippen LogP contribution < -0.4 is 0 Å². The van der Waals surface area contributed by atoms with Gasteiger partial charge in [0.05, 0.1) is 0 Å². The second-order valence-electron chi connectivity index (χ2n) is 9.14. The number of carbonyl (C=O) groups excluding carboxylic acids is 3. The van der Waals surface area contributed by atoms with Crippen LogP contribution in [-0.2, 0) is 19.1 Å². The van der Waals surface area contributed by atoms with Gasteiger partial charge in [-0.15, -0.1) is 0 Å². The van der Waals surface area contributed by atoms with Crippen LogP contribution in [0, 0.1) is 34.5 Å². The third-order valence-electron chi connectivity index (χ3n) is 8.08. The fourth-order valence-corrected chi connectivity index (χ4v) is 6.76. The molecule has 0 bridgehead atoms. The van der Waals surface area contributed by atoms with Crippen LogP contribution in [0.25, 0.3) is 0 Å². The van der Waals surface area contributed by atoms with Crippen molar-refractivity contribution in [2.75, 3.05) is 0 Å². The van der Waals surface area contributed by atoms with E-state index in [1.807, 2.05) is 13.8 Å². The molecule has 142 valence electrons. The number of hydrogen-bond donors (Lipinski definition) is 2. The van der Waals surface area contributed by atoms with Gasteiger partial charge in [0, 0.05) is 23.2 Å². The number of aliphatic hydroxyl groups is 2. The minimum atomic E-state index is -1.30. The molecule has 2 N–H and O–H groups in total. The van der Waals surface area contributed by atoms with Gasteiger partial charge in [0.15, 0.2) is 11.6 Å². The fraction of sp³-hybridized carbons (Fsp3) is 0.750. The van der Waals surface area contributed by atoms with E-state index in [0.717, 1.165) is 5.57 Å². The molecule has 2 saturated carbocycles. The van der Waals surface area contributed by atoms with Gasteiger partial charge in [-0.05, 0) is 37.2 Å². The number of Topliss-reactive ketones (excluding diaryl/α,β-unsaturated/α-hetero) is 1. The lowest BCUT2D eigenvalue weighted by molar-refractivity contribution is -0.247. The maximum Gasteiger partial charge on any atom is 0.306 e. The Bertz CT molecular complexity index is 741. The number of carbonyl (C=O) groups is 3. The summed E-state index contributed by atoms with van der Waals surface area (Å²) < 4.78 is 5.70. The number of esters is 1. The second-order valence-corrected chi connectivity index (χ2v) is 9.14. The Balaban J connectivity index is 1.95. The smallest absolute Gasteiger partial charge is 0.306 e. The molecule has 3 aliphatic carbocycles. The summed E-state index contributed by atoms with van der Waals surface area (Å²) in [5, 5.41) is 21.5. The molecule has 0 aromatic heterocycles. The van der Waals surface area contributed by atoms with Crippen molar-refractivity contribution in [2.24, 2.45) is 34.5 Å². The van der Waals surface area contributed by atoms with Gasteiger partial charge in [0.1, 0.15) is 18.3 Å². The van der Waals surface area contributed by atoms with Gasteiger partial charge in [-0.2, -0.15) is 0 Å². The van der Waals surface area contributed by atoms with E-state index in [-0.39, 0.29) is 35.9 Å². The largest absolute Gasteiger partial charge is 0.462 e. The number of ketones is 2. The van der Waals surface area contributed by atoms with Crippen LogP contribution in [0.3, 0.4) is 0 Å². The average molecular weight is 362 g/mol. The van der Waals surface area contributed by atoms with Gasteiger partial charge in [-0.3, -0.25) is 14.4 Å². The Morgan fingerprint density at radius 1 is 1.15 bits per heavy atom. The number of ether oxygens (including phenoxy) is 1. The standard InChI is InChI=1S/C20H26O6/c1-8-5-12(21)18(25)20(4)10(8)6-13-19(3)11(7-14(22)26-13)9(2)15(23)16(24)17(19)20/h5,9-11,13,15,17-18,23,25H,6-7H2,1-4H3/t9-,10+,11+,13-,15-,17+,18-,19-,20+/m1/s1. The molecule has 6 heteroatoms. The Morgan fingerprint density at radius 2 is 1.81 bits per heavy atom. The second kappa shape index (κ2) is 5.26. The molecule has 4 aliphatic rings. The van der Waals surface area contributed by atoms with Crippen molar-refractivity contribution in [3.05, 3.63) is 11.6 Å². The van der Waals surface area contributed by atoms with E-state index in [0.29, 0.717) is 6.42 Å². The van der Waals surface area contributed by atoms with Crippen molar-refractivity contribution in [3.63, 3.8) is 0 Å². The van der Waals surface area contributed by atoms with Gasteiger partial charge in [0.25, 0.3) is 0 Å². The molecular weight excluding hydrogens is 336 g/mol.